The van der Waals surface area contributed by atoms with Crippen molar-refractivity contribution in [1.29, 1.82) is 0 Å². The highest BCUT2D eigenvalue weighted by Gasteiger charge is 2.08. The molecular weight excluding hydrogens is 272 g/mol. The van der Waals surface area contributed by atoms with Gasteiger partial charge in [0, 0.05) is 34.0 Å². The predicted molar refractivity (Wildman–Crippen MR) is 94.8 cm³/mol. The van der Waals surface area contributed by atoms with Gasteiger partial charge in [0.25, 0.3) is 0 Å². The van der Waals surface area contributed by atoms with E-state index in [4.69, 9.17) is 17.2 Å². The molecule has 110 valence electrons. The minimum atomic E-state index is 0.570. The summed E-state index contributed by atoms with van der Waals surface area (Å²) in [7, 11) is 0. The molecule has 0 atom stereocenters. The topological polar surface area (TPSA) is 90.1 Å². The van der Waals surface area contributed by atoms with Crippen LogP contribution in [0.4, 0.5) is 28.4 Å². The smallest absolute Gasteiger partial charge is 0.0435 e. The Kier molecular flexibility index (Phi) is 3.58. The minimum absolute atomic E-state index is 0.570. The van der Waals surface area contributed by atoms with Crippen molar-refractivity contribution in [2.24, 2.45) is 0 Å². The second-order valence-electron chi connectivity index (χ2n) is 5.14. The van der Waals surface area contributed by atoms with Crippen molar-refractivity contribution in [2.75, 3.05) is 22.5 Å². The zero-order valence-electron chi connectivity index (χ0n) is 12.1. The van der Waals surface area contributed by atoms with Crippen molar-refractivity contribution in [1.82, 2.24) is 0 Å². The van der Waals surface area contributed by atoms with Crippen LogP contribution >= 0.6 is 0 Å². The van der Waals surface area contributed by atoms with Crippen molar-refractivity contribution >= 4 is 28.4 Å². The summed E-state index contributed by atoms with van der Waals surface area (Å²) in [4.78, 5) is 0. The molecule has 0 saturated carbocycles. The van der Waals surface area contributed by atoms with Crippen molar-refractivity contribution < 1.29 is 0 Å². The van der Waals surface area contributed by atoms with Crippen LogP contribution in [0.5, 0.6) is 0 Å². The fourth-order valence-electron chi connectivity index (χ4n) is 2.45. The molecular formula is C18H18N4. The first kappa shape index (κ1) is 13.8. The van der Waals surface area contributed by atoms with E-state index in [1.165, 1.54) is 0 Å². The first-order chi connectivity index (χ1) is 10.6. The fraction of sp³-hybridized carbons (Fsp3) is 0. The fourth-order valence-corrected chi connectivity index (χ4v) is 2.45. The lowest BCUT2D eigenvalue weighted by Gasteiger charge is -2.12. The lowest BCUT2D eigenvalue weighted by molar-refractivity contribution is 1.54. The molecule has 7 N–H and O–H groups in total. The molecule has 0 aliphatic carbocycles. The van der Waals surface area contributed by atoms with E-state index in [0.29, 0.717) is 17.1 Å². The molecule has 0 bridgehead atoms. The van der Waals surface area contributed by atoms with Gasteiger partial charge in [0.2, 0.25) is 0 Å². The van der Waals surface area contributed by atoms with Gasteiger partial charge in [-0.15, -0.1) is 0 Å². The Labute approximate surface area is 129 Å². The first-order valence-electron chi connectivity index (χ1n) is 7.00. The second-order valence-corrected chi connectivity index (χ2v) is 5.14. The highest BCUT2D eigenvalue weighted by Crippen LogP contribution is 2.34. The Hall–Kier alpha value is -3.14. The standard InChI is InChI=1S/C18H18N4/c19-13-10-16(20)18(17(21)11-13)12-6-8-15(9-7-12)22-14-4-2-1-3-5-14/h1-11,22H,19-21H2. The average molecular weight is 290 g/mol. The van der Waals surface area contributed by atoms with Crippen LogP contribution in [0, 0.1) is 0 Å². The summed E-state index contributed by atoms with van der Waals surface area (Å²) in [5.41, 5.74) is 23.4. The van der Waals surface area contributed by atoms with Gasteiger partial charge in [0.15, 0.2) is 0 Å². The van der Waals surface area contributed by atoms with Crippen molar-refractivity contribution in [2.45, 2.75) is 0 Å². The first-order valence-corrected chi connectivity index (χ1v) is 7.00. The quantitative estimate of drug-likeness (QED) is 0.552. The Morgan fingerprint density at radius 2 is 1.18 bits per heavy atom. The van der Waals surface area contributed by atoms with Crippen molar-refractivity contribution in [3.05, 3.63) is 66.7 Å². The average Bonchev–Trinajstić information content (AvgIpc) is 2.49. The summed E-state index contributed by atoms with van der Waals surface area (Å²) in [5.74, 6) is 0. The van der Waals surface area contributed by atoms with Crippen LogP contribution in [0.3, 0.4) is 0 Å². The summed E-state index contributed by atoms with van der Waals surface area (Å²) < 4.78 is 0. The highest BCUT2D eigenvalue weighted by molar-refractivity contribution is 5.89. The Bertz CT molecular complexity index is 757. The van der Waals surface area contributed by atoms with Gasteiger partial charge in [0.05, 0.1) is 0 Å². The van der Waals surface area contributed by atoms with E-state index in [9.17, 15) is 0 Å². The van der Waals surface area contributed by atoms with Crippen molar-refractivity contribution in [3.8, 4) is 11.1 Å². The van der Waals surface area contributed by atoms with Gasteiger partial charge in [-0.1, -0.05) is 30.3 Å². The van der Waals surface area contributed by atoms with Crippen LogP contribution in [-0.4, -0.2) is 0 Å². The predicted octanol–water partition coefficient (Wildman–Crippen LogP) is 3.84. The molecule has 4 heteroatoms. The summed E-state index contributed by atoms with van der Waals surface area (Å²) in [6, 6.07) is 21.4. The van der Waals surface area contributed by atoms with Crippen LogP contribution in [0.15, 0.2) is 66.7 Å². The number of hydrogen-bond acceptors (Lipinski definition) is 4. The van der Waals surface area contributed by atoms with Gasteiger partial charge in [0.1, 0.15) is 0 Å². The normalized spacial score (nSPS) is 10.4. The molecule has 0 aromatic heterocycles. The van der Waals surface area contributed by atoms with E-state index in [0.717, 1.165) is 22.5 Å². The second kappa shape index (κ2) is 5.69. The van der Waals surface area contributed by atoms with Crippen LogP contribution in [0.1, 0.15) is 0 Å². The largest absolute Gasteiger partial charge is 0.399 e. The molecule has 0 heterocycles. The van der Waals surface area contributed by atoms with Crippen LogP contribution < -0.4 is 22.5 Å². The van der Waals surface area contributed by atoms with Gasteiger partial charge < -0.3 is 22.5 Å². The molecule has 0 radical (unpaired) electrons. The highest BCUT2D eigenvalue weighted by atomic mass is 14.9. The van der Waals surface area contributed by atoms with Gasteiger partial charge >= 0.3 is 0 Å². The SMILES string of the molecule is Nc1cc(N)c(-c2ccc(Nc3ccccc3)cc2)c(N)c1. The molecule has 4 nitrogen and oxygen atoms in total. The van der Waals surface area contributed by atoms with E-state index in [2.05, 4.69) is 5.32 Å². The molecule has 0 fully saturated rings. The summed E-state index contributed by atoms with van der Waals surface area (Å²) in [6.45, 7) is 0. The molecule has 0 saturated heterocycles. The maximum Gasteiger partial charge on any atom is 0.0435 e. The molecule has 3 rings (SSSR count). The lowest BCUT2D eigenvalue weighted by atomic mass is 10.0. The van der Waals surface area contributed by atoms with E-state index in [-0.39, 0.29) is 0 Å². The van der Waals surface area contributed by atoms with Crippen molar-refractivity contribution in [3.63, 3.8) is 0 Å². The Morgan fingerprint density at radius 1 is 0.636 bits per heavy atom. The number of nitrogen functional groups attached to an aromatic ring is 3. The summed E-state index contributed by atoms with van der Waals surface area (Å²) in [6.07, 6.45) is 0. The maximum absolute atomic E-state index is 6.04. The molecule has 0 unspecified atom stereocenters. The van der Waals surface area contributed by atoms with Gasteiger partial charge in [-0.3, -0.25) is 0 Å². The molecule has 0 aliphatic rings. The van der Waals surface area contributed by atoms with Crippen LogP contribution in [0.2, 0.25) is 0 Å². The van der Waals surface area contributed by atoms with Gasteiger partial charge in [-0.2, -0.15) is 0 Å². The number of hydrogen-bond donors (Lipinski definition) is 4. The molecule has 3 aromatic carbocycles. The molecule has 0 amide bonds. The lowest BCUT2D eigenvalue weighted by Crippen LogP contribution is -1.99. The summed E-state index contributed by atoms with van der Waals surface area (Å²) in [5, 5.41) is 3.34. The molecule has 0 spiro atoms. The summed E-state index contributed by atoms with van der Waals surface area (Å²) >= 11 is 0. The van der Waals surface area contributed by atoms with E-state index < -0.39 is 0 Å². The third-order valence-electron chi connectivity index (χ3n) is 3.46. The number of para-hydroxylation sites is 1. The molecule has 22 heavy (non-hydrogen) atoms. The molecule has 3 aromatic rings. The molecule has 0 aliphatic heterocycles. The number of rotatable bonds is 3. The van der Waals surface area contributed by atoms with Gasteiger partial charge in [-0.25, -0.2) is 0 Å². The van der Waals surface area contributed by atoms with E-state index >= 15 is 0 Å². The third-order valence-corrected chi connectivity index (χ3v) is 3.46. The Balaban J connectivity index is 1.89. The number of nitrogens with one attached hydrogen (secondary N) is 1. The maximum atomic E-state index is 6.04. The number of anilines is 5. The zero-order valence-corrected chi connectivity index (χ0v) is 12.1. The Morgan fingerprint density at radius 3 is 1.77 bits per heavy atom. The monoisotopic (exact) mass is 290 g/mol. The third kappa shape index (κ3) is 2.81. The van der Waals surface area contributed by atoms with E-state index in [1.54, 1.807) is 12.1 Å². The zero-order chi connectivity index (χ0) is 15.5. The van der Waals surface area contributed by atoms with Crippen LogP contribution in [0.25, 0.3) is 11.1 Å². The minimum Gasteiger partial charge on any atom is -0.399 e. The van der Waals surface area contributed by atoms with Gasteiger partial charge in [-0.05, 0) is 42.0 Å². The van der Waals surface area contributed by atoms with Crippen LogP contribution in [-0.2, 0) is 0 Å². The van der Waals surface area contributed by atoms with E-state index in [1.807, 2.05) is 54.6 Å². The number of nitrogens with two attached hydrogens (primary N) is 3. The number of benzene rings is 3.